The summed E-state index contributed by atoms with van der Waals surface area (Å²) in [4.78, 5) is 0. The van der Waals surface area contributed by atoms with E-state index < -0.39 is 0 Å². The minimum absolute atomic E-state index is 0.685. The molecule has 0 spiro atoms. The van der Waals surface area contributed by atoms with Crippen molar-refractivity contribution in [3.63, 3.8) is 0 Å². The molecule has 0 aromatic carbocycles. The standard InChI is InChI=1S/C15H30/c1-6-9-13(8-3)14-12(4)11-15(14,5)10-7-2/h12-14H,6-11H2,1-5H3. The van der Waals surface area contributed by atoms with Gasteiger partial charge in [-0.05, 0) is 36.0 Å². The van der Waals surface area contributed by atoms with Crippen molar-refractivity contribution in [2.75, 3.05) is 0 Å². The maximum atomic E-state index is 2.54. The van der Waals surface area contributed by atoms with E-state index in [-0.39, 0.29) is 0 Å². The molecular formula is C15H30. The molecule has 0 N–H and O–H groups in total. The van der Waals surface area contributed by atoms with Crippen molar-refractivity contribution < 1.29 is 0 Å². The van der Waals surface area contributed by atoms with Crippen molar-refractivity contribution in [3.8, 4) is 0 Å². The zero-order valence-electron chi connectivity index (χ0n) is 11.5. The van der Waals surface area contributed by atoms with Crippen LogP contribution in [0.15, 0.2) is 0 Å². The highest BCUT2D eigenvalue weighted by Gasteiger charge is 2.49. The van der Waals surface area contributed by atoms with Crippen molar-refractivity contribution in [1.29, 1.82) is 0 Å². The van der Waals surface area contributed by atoms with Gasteiger partial charge in [-0.15, -0.1) is 0 Å². The van der Waals surface area contributed by atoms with Gasteiger partial charge in [0.2, 0.25) is 0 Å². The number of rotatable bonds is 6. The van der Waals surface area contributed by atoms with E-state index in [9.17, 15) is 0 Å². The van der Waals surface area contributed by atoms with Crippen LogP contribution in [0.2, 0.25) is 0 Å². The summed E-state index contributed by atoms with van der Waals surface area (Å²) in [6, 6.07) is 0. The molecule has 15 heavy (non-hydrogen) atoms. The van der Waals surface area contributed by atoms with Gasteiger partial charge < -0.3 is 0 Å². The van der Waals surface area contributed by atoms with Gasteiger partial charge in [0.25, 0.3) is 0 Å². The summed E-state index contributed by atoms with van der Waals surface area (Å²) in [6.07, 6.45) is 8.49. The quantitative estimate of drug-likeness (QED) is 0.560. The fourth-order valence-corrected chi connectivity index (χ4v) is 4.41. The van der Waals surface area contributed by atoms with Gasteiger partial charge in [0, 0.05) is 0 Å². The van der Waals surface area contributed by atoms with Crippen molar-refractivity contribution in [2.24, 2.45) is 23.2 Å². The summed E-state index contributed by atoms with van der Waals surface area (Å²) in [5, 5.41) is 0. The molecule has 0 aromatic heterocycles. The van der Waals surface area contributed by atoms with E-state index in [4.69, 9.17) is 0 Å². The van der Waals surface area contributed by atoms with Gasteiger partial charge in [-0.3, -0.25) is 0 Å². The molecule has 0 amide bonds. The van der Waals surface area contributed by atoms with Crippen molar-refractivity contribution in [3.05, 3.63) is 0 Å². The molecule has 0 radical (unpaired) electrons. The van der Waals surface area contributed by atoms with Crippen LogP contribution in [0.4, 0.5) is 0 Å². The minimum atomic E-state index is 0.685. The van der Waals surface area contributed by atoms with E-state index in [1.165, 1.54) is 38.5 Å². The lowest BCUT2D eigenvalue weighted by Crippen LogP contribution is -2.48. The van der Waals surface area contributed by atoms with Gasteiger partial charge >= 0.3 is 0 Å². The Kier molecular flexibility index (Phi) is 4.67. The first-order chi connectivity index (χ1) is 7.09. The lowest BCUT2D eigenvalue weighted by Gasteiger charge is -2.56. The second-order valence-corrected chi connectivity index (χ2v) is 6.07. The molecule has 0 heterocycles. The maximum Gasteiger partial charge on any atom is -0.0290 e. The molecule has 0 heteroatoms. The Labute approximate surface area is 96.8 Å². The van der Waals surface area contributed by atoms with E-state index in [1.54, 1.807) is 0 Å². The third kappa shape index (κ3) is 2.57. The number of hydrogen-bond acceptors (Lipinski definition) is 0. The largest absolute Gasteiger partial charge is 0.0654 e. The van der Waals surface area contributed by atoms with Crippen molar-refractivity contribution in [1.82, 2.24) is 0 Å². The van der Waals surface area contributed by atoms with Gasteiger partial charge in [0.15, 0.2) is 0 Å². The van der Waals surface area contributed by atoms with E-state index in [0.717, 1.165) is 17.8 Å². The van der Waals surface area contributed by atoms with Crippen molar-refractivity contribution in [2.45, 2.75) is 73.1 Å². The van der Waals surface area contributed by atoms with Crippen LogP contribution in [0, 0.1) is 23.2 Å². The van der Waals surface area contributed by atoms with Gasteiger partial charge in [-0.1, -0.05) is 60.3 Å². The van der Waals surface area contributed by atoms with Crippen LogP contribution in [0.3, 0.4) is 0 Å². The Morgan fingerprint density at radius 1 is 1.20 bits per heavy atom. The summed E-state index contributed by atoms with van der Waals surface area (Å²) in [5.41, 5.74) is 0.685. The summed E-state index contributed by atoms with van der Waals surface area (Å²) < 4.78 is 0. The second kappa shape index (κ2) is 5.37. The fraction of sp³-hybridized carbons (Fsp3) is 1.00. The topological polar surface area (TPSA) is 0 Å². The van der Waals surface area contributed by atoms with Gasteiger partial charge in [-0.2, -0.15) is 0 Å². The molecule has 1 fully saturated rings. The molecule has 1 aliphatic rings. The molecule has 0 saturated heterocycles. The third-order valence-corrected chi connectivity index (χ3v) is 4.72. The fourth-order valence-electron chi connectivity index (χ4n) is 4.41. The molecule has 1 aliphatic carbocycles. The first-order valence-electron chi connectivity index (χ1n) is 7.09. The first-order valence-corrected chi connectivity index (χ1v) is 7.09. The normalized spacial score (nSPS) is 37.4. The van der Waals surface area contributed by atoms with Crippen LogP contribution in [0.5, 0.6) is 0 Å². The Morgan fingerprint density at radius 2 is 1.87 bits per heavy atom. The average Bonchev–Trinajstić information content (AvgIpc) is 2.16. The van der Waals surface area contributed by atoms with E-state index in [1.807, 2.05) is 0 Å². The Hall–Kier alpha value is 0. The summed E-state index contributed by atoms with van der Waals surface area (Å²) >= 11 is 0. The Bertz CT molecular complexity index is 180. The minimum Gasteiger partial charge on any atom is -0.0654 e. The van der Waals surface area contributed by atoms with Gasteiger partial charge in [0.1, 0.15) is 0 Å². The lowest BCUT2D eigenvalue weighted by atomic mass is 9.49. The predicted molar refractivity (Wildman–Crippen MR) is 69.0 cm³/mol. The third-order valence-electron chi connectivity index (χ3n) is 4.72. The van der Waals surface area contributed by atoms with Crippen LogP contribution >= 0.6 is 0 Å². The molecule has 0 bridgehead atoms. The monoisotopic (exact) mass is 210 g/mol. The summed E-state index contributed by atoms with van der Waals surface area (Å²) in [7, 11) is 0. The molecule has 4 atom stereocenters. The predicted octanol–water partition coefficient (Wildman–Crippen LogP) is 5.28. The lowest BCUT2D eigenvalue weighted by molar-refractivity contribution is -0.0685. The summed E-state index contributed by atoms with van der Waals surface area (Å²) in [6.45, 7) is 12.1. The highest BCUT2D eigenvalue weighted by molar-refractivity contribution is 4.99. The molecule has 1 rings (SSSR count). The van der Waals surface area contributed by atoms with E-state index >= 15 is 0 Å². The second-order valence-electron chi connectivity index (χ2n) is 6.07. The molecule has 0 aliphatic heterocycles. The highest BCUT2D eigenvalue weighted by Crippen LogP contribution is 2.58. The summed E-state index contributed by atoms with van der Waals surface area (Å²) in [5.74, 6) is 3.00. The number of hydrogen-bond donors (Lipinski definition) is 0. The van der Waals surface area contributed by atoms with Gasteiger partial charge in [0.05, 0.1) is 0 Å². The molecule has 0 aromatic rings. The molecule has 90 valence electrons. The van der Waals surface area contributed by atoms with Crippen LogP contribution < -0.4 is 0 Å². The highest BCUT2D eigenvalue weighted by atomic mass is 14.5. The smallest absolute Gasteiger partial charge is 0.0290 e. The average molecular weight is 210 g/mol. The zero-order chi connectivity index (χ0) is 11.5. The van der Waals surface area contributed by atoms with E-state index in [0.29, 0.717) is 5.41 Å². The molecule has 4 unspecified atom stereocenters. The first kappa shape index (κ1) is 13.1. The Balaban J connectivity index is 2.63. The van der Waals surface area contributed by atoms with Crippen LogP contribution in [0.1, 0.15) is 73.1 Å². The molecule has 0 nitrogen and oxygen atoms in total. The van der Waals surface area contributed by atoms with E-state index in [2.05, 4.69) is 34.6 Å². The van der Waals surface area contributed by atoms with Crippen LogP contribution in [0.25, 0.3) is 0 Å². The van der Waals surface area contributed by atoms with Crippen molar-refractivity contribution >= 4 is 0 Å². The van der Waals surface area contributed by atoms with Crippen LogP contribution in [-0.4, -0.2) is 0 Å². The SMILES string of the molecule is CCCC(CC)C1C(C)CC1(C)CCC. The van der Waals surface area contributed by atoms with Crippen LogP contribution in [-0.2, 0) is 0 Å². The molecular weight excluding hydrogens is 180 g/mol. The van der Waals surface area contributed by atoms with Gasteiger partial charge in [-0.25, -0.2) is 0 Å². The molecule has 1 saturated carbocycles. The Morgan fingerprint density at radius 3 is 2.27 bits per heavy atom. The maximum absolute atomic E-state index is 2.54. The zero-order valence-corrected chi connectivity index (χ0v) is 11.5.